The molecule has 102 valence electrons. The van der Waals surface area contributed by atoms with Crippen LogP contribution < -0.4 is 5.73 Å². The van der Waals surface area contributed by atoms with Crippen molar-refractivity contribution in [2.45, 2.75) is 25.3 Å². The number of nitrogens with two attached hydrogens (primary N) is 1. The zero-order valence-corrected chi connectivity index (χ0v) is 12.4. The van der Waals surface area contributed by atoms with Gasteiger partial charge in [-0.2, -0.15) is 0 Å². The maximum absolute atomic E-state index is 6.14. The number of hydrogen-bond donors (Lipinski definition) is 1. The van der Waals surface area contributed by atoms with E-state index in [4.69, 9.17) is 28.9 Å². The van der Waals surface area contributed by atoms with Gasteiger partial charge in [0.2, 0.25) is 0 Å². The Bertz CT molecular complexity index is 539. The maximum Gasteiger partial charge on any atom is 0.192 e. The van der Waals surface area contributed by atoms with Crippen LogP contribution in [0.3, 0.4) is 0 Å². The summed E-state index contributed by atoms with van der Waals surface area (Å²) in [6.45, 7) is 3.81. The molecule has 1 aliphatic heterocycles. The van der Waals surface area contributed by atoms with Crippen molar-refractivity contribution in [3.05, 3.63) is 33.8 Å². The van der Waals surface area contributed by atoms with Crippen molar-refractivity contribution in [2.24, 2.45) is 16.6 Å². The van der Waals surface area contributed by atoms with Gasteiger partial charge in [0.25, 0.3) is 0 Å². The van der Waals surface area contributed by atoms with E-state index in [0.717, 1.165) is 18.0 Å². The van der Waals surface area contributed by atoms with Gasteiger partial charge in [-0.05, 0) is 43.4 Å². The molecule has 2 aliphatic rings. The average molecular weight is 298 g/mol. The molecule has 0 bridgehead atoms. The van der Waals surface area contributed by atoms with Gasteiger partial charge >= 0.3 is 0 Å². The number of guanidine groups is 1. The lowest BCUT2D eigenvalue weighted by Crippen LogP contribution is -2.48. The van der Waals surface area contributed by atoms with Gasteiger partial charge in [0.05, 0.1) is 22.1 Å². The highest BCUT2D eigenvalue weighted by Gasteiger charge is 2.42. The third-order valence-corrected chi connectivity index (χ3v) is 4.84. The minimum Gasteiger partial charge on any atom is -0.370 e. The van der Waals surface area contributed by atoms with Crippen molar-refractivity contribution in [3.63, 3.8) is 0 Å². The van der Waals surface area contributed by atoms with Crippen LogP contribution in [-0.2, 0) is 5.54 Å². The second kappa shape index (κ2) is 4.57. The Morgan fingerprint density at radius 1 is 1.37 bits per heavy atom. The van der Waals surface area contributed by atoms with Crippen LogP contribution in [-0.4, -0.2) is 23.9 Å². The topological polar surface area (TPSA) is 41.6 Å². The van der Waals surface area contributed by atoms with Gasteiger partial charge in [0, 0.05) is 6.54 Å². The fourth-order valence-electron chi connectivity index (χ4n) is 2.59. The Hall–Kier alpha value is -0.930. The summed E-state index contributed by atoms with van der Waals surface area (Å²) in [6, 6.07) is 5.79. The van der Waals surface area contributed by atoms with Crippen LogP contribution in [0.25, 0.3) is 0 Å². The molecule has 1 aromatic carbocycles. The SMILES string of the molecule is CC1(c2ccc(Cl)c(Cl)c2)CN=C(N)N1CC1CC1. The molecule has 1 aromatic rings. The lowest BCUT2D eigenvalue weighted by molar-refractivity contribution is 0.217. The lowest BCUT2D eigenvalue weighted by atomic mass is 9.91. The first-order valence-corrected chi connectivity index (χ1v) is 7.29. The summed E-state index contributed by atoms with van der Waals surface area (Å²) >= 11 is 12.1. The van der Waals surface area contributed by atoms with Gasteiger partial charge < -0.3 is 10.6 Å². The van der Waals surface area contributed by atoms with Gasteiger partial charge in [-0.15, -0.1) is 0 Å². The fraction of sp³-hybridized carbons (Fsp3) is 0.500. The van der Waals surface area contributed by atoms with Crippen LogP contribution in [0, 0.1) is 5.92 Å². The van der Waals surface area contributed by atoms with Crippen molar-refractivity contribution >= 4 is 29.2 Å². The highest BCUT2D eigenvalue weighted by Crippen LogP contribution is 2.39. The van der Waals surface area contributed by atoms with Crippen molar-refractivity contribution in [2.75, 3.05) is 13.1 Å². The summed E-state index contributed by atoms with van der Waals surface area (Å²) in [6.07, 6.45) is 2.59. The Morgan fingerprint density at radius 3 is 2.74 bits per heavy atom. The summed E-state index contributed by atoms with van der Waals surface area (Å²) in [5, 5.41) is 1.16. The number of hydrogen-bond acceptors (Lipinski definition) is 3. The molecule has 3 nitrogen and oxygen atoms in total. The lowest BCUT2D eigenvalue weighted by Gasteiger charge is -2.37. The normalized spacial score (nSPS) is 26.7. The van der Waals surface area contributed by atoms with E-state index in [1.807, 2.05) is 18.2 Å². The molecule has 1 saturated carbocycles. The Kier molecular flexibility index (Phi) is 3.14. The molecule has 0 radical (unpaired) electrons. The average Bonchev–Trinajstić information content (AvgIpc) is 3.15. The predicted octanol–water partition coefficient (Wildman–Crippen LogP) is 3.25. The van der Waals surface area contributed by atoms with Gasteiger partial charge in [-0.25, -0.2) is 0 Å². The molecular weight excluding hydrogens is 281 g/mol. The van der Waals surface area contributed by atoms with E-state index in [2.05, 4.69) is 16.8 Å². The molecule has 1 heterocycles. The summed E-state index contributed by atoms with van der Waals surface area (Å²) in [4.78, 5) is 6.64. The first-order valence-electron chi connectivity index (χ1n) is 6.54. The highest BCUT2D eigenvalue weighted by atomic mass is 35.5. The van der Waals surface area contributed by atoms with E-state index < -0.39 is 0 Å². The molecule has 2 N–H and O–H groups in total. The number of benzene rings is 1. The van der Waals surface area contributed by atoms with E-state index in [9.17, 15) is 0 Å². The fourth-order valence-corrected chi connectivity index (χ4v) is 2.89. The molecule has 0 aromatic heterocycles. The molecule has 1 aliphatic carbocycles. The third kappa shape index (κ3) is 2.30. The van der Waals surface area contributed by atoms with Crippen molar-refractivity contribution in [1.29, 1.82) is 0 Å². The molecule has 0 amide bonds. The largest absolute Gasteiger partial charge is 0.370 e. The van der Waals surface area contributed by atoms with Crippen molar-refractivity contribution < 1.29 is 0 Å². The molecule has 0 spiro atoms. The van der Waals surface area contributed by atoms with Crippen LogP contribution in [0.2, 0.25) is 10.0 Å². The minimum absolute atomic E-state index is 0.207. The maximum atomic E-state index is 6.14. The number of aliphatic imine (C=N–C) groups is 1. The molecule has 1 fully saturated rings. The van der Waals surface area contributed by atoms with E-state index in [-0.39, 0.29) is 5.54 Å². The van der Waals surface area contributed by atoms with Gasteiger partial charge in [-0.1, -0.05) is 29.3 Å². The number of halogens is 2. The molecule has 19 heavy (non-hydrogen) atoms. The van der Waals surface area contributed by atoms with Gasteiger partial charge in [0.1, 0.15) is 0 Å². The number of nitrogens with zero attached hydrogens (tertiary/aromatic N) is 2. The first-order chi connectivity index (χ1) is 9.00. The van der Waals surface area contributed by atoms with Crippen LogP contribution in [0.5, 0.6) is 0 Å². The molecule has 1 atom stereocenters. The van der Waals surface area contributed by atoms with Crippen molar-refractivity contribution in [3.8, 4) is 0 Å². The summed E-state index contributed by atoms with van der Waals surface area (Å²) in [5.74, 6) is 1.40. The molecule has 1 unspecified atom stereocenters. The summed E-state index contributed by atoms with van der Waals surface area (Å²) in [7, 11) is 0. The van der Waals surface area contributed by atoms with Crippen LogP contribution in [0.15, 0.2) is 23.2 Å². The minimum atomic E-state index is -0.207. The van der Waals surface area contributed by atoms with Crippen LogP contribution in [0.4, 0.5) is 0 Å². The zero-order valence-electron chi connectivity index (χ0n) is 10.9. The Balaban J connectivity index is 1.93. The highest BCUT2D eigenvalue weighted by molar-refractivity contribution is 6.42. The second-order valence-electron chi connectivity index (χ2n) is 5.63. The summed E-state index contributed by atoms with van der Waals surface area (Å²) in [5.41, 5.74) is 6.96. The number of rotatable bonds is 3. The van der Waals surface area contributed by atoms with E-state index in [1.165, 1.54) is 12.8 Å². The molecular formula is C14H17Cl2N3. The van der Waals surface area contributed by atoms with Crippen LogP contribution >= 0.6 is 23.2 Å². The van der Waals surface area contributed by atoms with Crippen LogP contribution in [0.1, 0.15) is 25.3 Å². The monoisotopic (exact) mass is 297 g/mol. The smallest absolute Gasteiger partial charge is 0.192 e. The molecule has 5 heteroatoms. The first kappa shape index (κ1) is 13.1. The quantitative estimate of drug-likeness (QED) is 0.930. The second-order valence-corrected chi connectivity index (χ2v) is 6.45. The van der Waals surface area contributed by atoms with Gasteiger partial charge in [0.15, 0.2) is 5.96 Å². The van der Waals surface area contributed by atoms with E-state index in [0.29, 0.717) is 22.5 Å². The predicted molar refractivity (Wildman–Crippen MR) is 79.7 cm³/mol. The summed E-state index contributed by atoms with van der Waals surface area (Å²) < 4.78 is 0. The van der Waals surface area contributed by atoms with Crippen molar-refractivity contribution in [1.82, 2.24) is 4.90 Å². The van der Waals surface area contributed by atoms with Gasteiger partial charge in [-0.3, -0.25) is 4.99 Å². The molecule has 0 saturated heterocycles. The standard InChI is InChI=1S/C14H17Cl2N3/c1-14(10-4-5-11(15)12(16)6-10)8-18-13(17)19(14)7-9-2-3-9/h4-6,9H,2-3,7-8H2,1H3,(H2,17,18). The van der Waals surface area contributed by atoms with E-state index in [1.54, 1.807) is 0 Å². The Labute approximate surface area is 123 Å². The van der Waals surface area contributed by atoms with E-state index >= 15 is 0 Å². The third-order valence-electron chi connectivity index (χ3n) is 4.10. The zero-order chi connectivity index (χ0) is 13.6. The Morgan fingerprint density at radius 2 is 2.11 bits per heavy atom. The molecule has 3 rings (SSSR count).